The molecular formula is C36H36F2O7. The molecule has 4 aromatic rings. The van der Waals surface area contributed by atoms with Gasteiger partial charge in [-0.25, -0.2) is 4.79 Å². The molecule has 0 unspecified atom stereocenters. The summed E-state index contributed by atoms with van der Waals surface area (Å²) in [5.74, 6) is -6.63. The minimum atomic E-state index is -4.31. The largest absolute Gasteiger partial charge is 0.477 e. The van der Waals surface area contributed by atoms with Crippen molar-refractivity contribution in [2.75, 3.05) is 6.61 Å². The molecule has 5 atom stereocenters. The Morgan fingerprint density at radius 1 is 0.600 bits per heavy atom. The number of hydrogen-bond donors (Lipinski definition) is 1. The lowest BCUT2D eigenvalue weighted by Gasteiger charge is -2.47. The van der Waals surface area contributed by atoms with Gasteiger partial charge in [-0.3, -0.25) is 0 Å². The van der Waals surface area contributed by atoms with Crippen molar-refractivity contribution in [3.8, 4) is 0 Å². The molecule has 1 N–H and O–H groups in total. The van der Waals surface area contributed by atoms with Crippen LogP contribution >= 0.6 is 0 Å². The summed E-state index contributed by atoms with van der Waals surface area (Å²) < 4.78 is 61.8. The zero-order valence-electron chi connectivity index (χ0n) is 24.6. The predicted octanol–water partition coefficient (Wildman–Crippen LogP) is 6.45. The van der Waals surface area contributed by atoms with Gasteiger partial charge in [0.15, 0.2) is 6.10 Å². The monoisotopic (exact) mass is 618 g/mol. The van der Waals surface area contributed by atoms with Gasteiger partial charge in [-0.1, -0.05) is 121 Å². The third-order valence-electron chi connectivity index (χ3n) is 7.53. The molecule has 1 heterocycles. The molecule has 0 bridgehead atoms. The van der Waals surface area contributed by atoms with Crippen molar-refractivity contribution in [3.05, 3.63) is 144 Å². The molecule has 1 aliphatic rings. The maximum Gasteiger partial charge on any atom is 0.377 e. The molecule has 45 heavy (non-hydrogen) atoms. The van der Waals surface area contributed by atoms with E-state index < -0.39 is 42.4 Å². The Hall–Kier alpha value is -3.99. The number of carboxylic acids is 1. The molecule has 0 aromatic heterocycles. The van der Waals surface area contributed by atoms with Crippen molar-refractivity contribution < 1.29 is 42.4 Å². The zero-order chi connectivity index (χ0) is 31.5. The van der Waals surface area contributed by atoms with E-state index in [0.29, 0.717) is 5.56 Å². The average Bonchev–Trinajstić information content (AvgIpc) is 3.07. The highest BCUT2D eigenvalue weighted by Gasteiger charge is 2.61. The maximum absolute atomic E-state index is 15.5. The molecule has 1 fully saturated rings. The first-order valence-electron chi connectivity index (χ1n) is 14.8. The number of hydrogen-bond acceptors (Lipinski definition) is 6. The van der Waals surface area contributed by atoms with Crippen molar-refractivity contribution in [1.29, 1.82) is 0 Å². The quantitative estimate of drug-likeness (QED) is 0.164. The minimum Gasteiger partial charge on any atom is -0.477 e. The van der Waals surface area contributed by atoms with Gasteiger partial charge in [0.25, 0.3) is 0 Å². The van der Waals surface area contributed by atoms with Crippen LogP contribution in [0, 0.1) is 0 Å². The van der Waals surface area contributed by atoms with Crippen LogP contribution in [-0.2, 0) is 54.9 Å². The van der Waals surface area contributed by atoms with Crippen LogP contribution in [0.15, 0.2) is 121 Å². The molecule has 7 nitrogen and oxygen atoms in total. The number of alkyl halides is 2. The molecule has 1 aliphatic heterocycles. The first-order valence-corrected chi connectivity index (χ1v) is 14.8. The molecule has 9 heteroatoms. The normalized spacial score (nSPS) is 21.8. The average molecular weight is 619 g/mol. The third kappa shape index (κ3) is 8.81. The smallest absolute Gasteiger partial charge is 0.377 e. The molecule has 0 radical (unpaired) electrons. The highest BCUT2D eigenvalue weighted by atomic mass is 19.3. The predicted molar refractivity (Wildman–Crippen MR) is 162 cm³/mol. The first-order chi connectivity index (χ1) is 21.9. The van der Waals surface area contributed by atoms with Crippen molar-refractivity contribution in [3.63, 3.8) is 0 Å². The summed E-state index contributed by atoms with van der Waals surface area (Å²) in [5.41, 5.74) is 3.24. The summed E-state index contributed by atoms with van der Waals surface area (Å²) in [6.07, 6.45) is -6.91. The lowest BCUT2D eigenvalue weighted by atomic mass is 9.90. The SMILES string of the molecule is O=C(O)C(F)(F)[C@@H]1O[C@H](COCc2ccccc2)[C@@H](OCc2ccccc2)[C@H](OCc2ccccc2)[C@H]1OCc1ccccc1. The van der Waals surface area contributed by atoms with E-state index in [4.69, 9.17) is 23.7 Å². The Morgan fingerprint density at radius 2 is 0.978 bits per heavy atom. The summed E-state index contributed by atoms with van der Waals surface area (Å²) in [7, 11) is 0. The van der Waals surface area contributed by atoms with Crippen LogP contribution in [0.4, 0.5) is 8.78 Å². The van der Waals surface area contributed by atoms with Crippen LogP contribution in [0.1, 0.15) is 22.3 Å². The first kappa shape index (κ1) is 32.4. The number of carboxylic acid groups (broad SMARTS) is 1. The number of aliphatic carboxylic acids is 1. The van der Waals surface area contributed by atoms with Gasteiger partial charge in [0.2, 0.25) is 0 Å². The number of rotatable bonds is 15. The van der Waals surface area contributed by atoms with Crippen LogP contribution in [-0.4, -0.2) is 54.1 Å². The Kier molecular flexibility index (Phi) is 11.4. The molecule has 236 valence electrons. The van der Waals surface area contributed by atoms with Crippen molar-refractivity contribution >= 4 is 5.97 Å². The van der Waals surface area contributed by atoms with E-state index in [-0.39, 0.29) is 33.0 Å². The van der Waals surface area contributed by atoms with Crippen LogP contribution in [0.3, 0.4) is 0 Å². The minimum absolute atomic E-state index is 0.0465. The molecule has 0 aliphatic carbocycles. The van der Waals surface area contributed by atoms with Gasteiger partial charge in [0.05, 0.1) is 33.0 Å². The van der Waals surface area contributed by atoms with E-state index in [0.717, 1.165) is 16.7 Å². The second-order valence-corrected chi connectivity index (χ2v) is 10.8. The summed E-state index contributed by atoms with van der Waals surface area (Å²) in [6, 6.07) is 37.0. The van der Waals surface area contributed by atoms with E-state index in [1.807, 2.05) is 97.1 Å². The Bertz CT molecular complexity index is 1440. The van der Waals surface area contributed by atoms with E-state index in [1.165, 1.54) is 0 Å². The van der Waals surface area contributed by atoms with E-state index in [1.54, 1.807) is 24.3 Å². The second-order valence-electron chi connectivity index (χ2n) is 10.8. The fourth-order valence-electron chi connectivity index (χ4n) is 5.20. The van der Waals surface area contributed by atoms with Gasteiger partial charge in [0.1, 0.15) is 24.4 Å². The Balaban J connectivity index is 1.48. The van der Waals surface area contributed by atoms with Crippen LogP contribution in [0.25, 0.3) is 0 Å². The molecule has 4 aromatic carbocycles. The lowest BCUT2D eigenvalue weighted by molar-refractivity contribution is -0.307. The van der Waals surface area contributed by atoms with Crippen molar-refractivity contribution in [1.82, 2.24) is 0 Å². The third-order valence-corrected chi connectivity index (χ3v) is 7.53. The Labute approximate surface area is 261 Å². The number of carbonyl (C=O) groups is 1. The second kappa shape index (κ2) is 15.8. The van der Waals surface area contributed by atoms with E-state index >= 15 is 8.78 Å². The van der Waals surface area contributed by atoms with Gasteiger partial charge in [-0.2, -0.15) is 8.78 Å². The fourth-order valence-corrected chi connectivity index (χ4v) is 5.20. The van der Waals surface area contributed by atoms with Crippen LogP contribution in [0.5, 0.6) is 0 Å². The molecule has 1 saturated heterocycles. The number of benzene rings is 4. The number of halogens is 2. The topological polar surface area (TPSA) is 83.5 Å². The molecule has 0 saturated carbocycles. The maximum atomic E-state index is 15.5. The standard InChI is InChI=1S/C36H36F2O7/c37-36(38,35(39)40)34-33(44-24-29-19-11-4-12-20-29)32(43-23-28-17-9-3-10-18-28)31(42-22-27-15-7-2-8-16-27)30(45-34)25-41-21-26-13-5-1-6-14-26/h1-20,30-34H,21-25H2,(H,39,40)/t30-,31-,32+,33-,34-/m1/s1. The summed E-state index contributed by atoms with van der Waals surface area (Å²) >= 11 is 0. The van der Waals surface area contributed by atoms with Crippen molar-refractivity contribution in [2.45, 2.75) is 62.9 Å². The van der Waals surface area contributed by atoms with Gasteiger partial charge in [-0.05, 0) is 22.3 Å². The Morgan fingerprint density at radius 3 is 1.40 bits per heavy atom. The van der Waals surface area contributed by atoms with Crippen LogP contribution in [0.2, 0.25) is 0 Å². The lowest BCUT2D eigenvalue weighted by Crippen LogP contribution is -2.66. The van der Waals surface area contributed by atoms with Gasteiger partial charge >= 0.3 is 11.9 Å². The van der Waals surface area contributed by atoms with E-state index in [2.05, 4.69) is 0 Å². The fraction of sp³-hybridized carbons (Fsp3) is 0.306. The summed E-state index contributed by atoms with van der Waals surface area (Å²) in [6.45, 7) is 0.130. The van der Waals surface area contributed by atoms with E-state index in [9.17, 15) is 9.90 Å². The summed E-state index contributed by atoms with van der Waals surface area (Å²) in [5, 5.41) is 9.63. The summed E-state index contributed by atoms with van der Waals surface area (Å²) in [4.78, 5) is 11.9. The zero-order valence-corrected chi connectivity index (χ0v) is 24.6. The molecule has 5 rings (SSSR count). The van der Waals surface area contributed by atoms with Crippen molar-refractivity contribution in [2.24, 2.45) is 0 Å². The van der Waals surface area contributed by atoms with Crippen LogP contribution < -0.4 is 0 Å². The number of ether oxygens (including phenoxy) is 5. The van der Waals surface area contributed by atoms with Gasteiger partial charge in [0, 0.05) is 0 Å². The highest BCUT2D eigenvalue weighted by Crippen LogP contribution is 2.38. The molecule has 0 spiro atoms. The van der Waals surface area contributed by atoms with Gasteiger partial charge in [-0.15, -0.1) is 0 Å². The molecule has 0 amide bonds. The van der Waals surface area contributed by atoms with Gasteiger partial charge < -0.3 is 28.8 Å². The highest BCUT2D eigenvalue weighted by molar-refractivity contribution is 5.76. The molecular weight excluding hydrogens is 582 g/mol.